The number of aryl methyl sites for hydroxylation is 1. The summed E-state index contributed by atoms with van der Waals surface area (Å²) < 4.78 is 16.2. The van der Waals surface area contributed by atoms with E-state index in [0.29, 0.717) is 37.0 Å². The summed E-state index contributed by atoms with van der Waals surface area (Å²) >= 11 is 0. The van der Waals surface area contributed by atoms with Crippen LogP contribution in [0.2, 0.25) is 0 Å². The van der Waals surface area contributed by atoms with Crippen LogP contribution in [0.1, 0.15) is 68.4 Å². The lowest BCUT2D eigenvalue weighted by Crippen LogP contribution is -2.56. The van der Waals surface area contributed by atoms with Crippen LogP contribution < -0.4 is 10.1 Å². The van der Waals surface area contributed by atoms with E-state index in [1.165, 1.54) is 11.0 Å². The first-order valence-electron chi connectivity index (χ1n) is 17.9. The van der Waals surface area contributed by atoms with Crippen molar-refractivity contribution in [3.8, 4) is 5.75 Å². The number of carbonyl (C=O) groups is 6. The van der Waals surface area contributed by atoms with Crippen molar-refractivity contribution in [3.05, 3.63) is 35.5 Å². The molecule has 3 aliphatic rings. The highest BCUT2D eigenvalue weighted by molar-refractivity contribution is 5.99. The Hall–Kier alpha value is -4.95. The van der Waals surface area contributed by atoms with E-state index in [4.69, 9.17) is 14.2 Å². The molecular weight excluding hydrogens is 660 g/mol. The first-order valence-corrected chi connectivity index (χ1v) is 17.9. The highest BCUT2D eigenvalue weighted by atomic mass is 16.6. The molecule has 1 N–H and O–H groups in total. The van der Waals surface area contributed by atoms with Crippen molar-refractivity contribution in [1.82, 2.24) is 29.9 Å². The largest absolute Gasteiger partial charge is 0.483 e. The van der Waals surface area contributed by atoms with Gasteiger partial charge in [0.25, 0.3) is 11.8 Å². The molecule has 5 rings (SSSR count). The number of carbonyl (C=O) groups excluding carboxylic acids is 6. The molecule has 15 heteroatoms. The maximum absolute atomic E-state index is 13.8. The van der Waals surface area contributed by atoms with Gasteiger partial charge >= 0.3 is 12.1 Å². The Labute approximate surface area is 297 Å². The Kier molecular flexibility index (Phi) is 12.7. The predicted molar refractivity (Wildman–Crippen MR) is 185 cm³/mol. The molecule has 0 spiro atoms. The topological polar surface area (TPSA) is 168 Å². The van der Waals surface area contributed by atoms with Crippen LogP contribution in [0.4, 0.5) is 4.79 Å². The Morgan fingerprint density at radius 1 is 0.863 bits per heavy atom. The van der Waals surface area contributed by atoms with Gasteiger partial charge in [0.15, 0.2) is 6.61 Å². The molecule has 1 aromatic carbocycles. The average molecular weight is 709 g/mol. The highest BCUT2D eigenvalue weighted by Gasteiger charge is 2.37. The van der Waals surface area contributed by atoms with Crippen LogP contribution in [0.3, 0.4) is 0 Å². The van der Waals surface area contributed by atoms with Gasteiger partial charge in [0.05, 0.1) is 18.7 Å². The first-order chi connectivity index (χ1) is 24.6. The van der Waals surface area contributed by atoms with Crippen LogP contribution in [-0.2, 0) is 28.7 Å². The maximum Gasteiger partial charge on any atom is 0.409 e. The van der Waals surface area contributed by atoms with Crippen molar-refractivity contribution in [3.63, 3.8) is 0 Å². The number of likely N-dealkylation sites (tertiary alicyclic amines) is 2. The standard InChI is InChI=1S/C36H48N6O9/c1-4-49-32(44)13-12-26(34(46)40-17-19-41(20-18-40)36(48)50-5-2)38-33(45)28-22-30(25-11-10-24(3)21-27(25)37-28)51-23-31(43)42-16-8-9-29(42)35(47)39-14-6-7-15-39/h10-11,21-22,26,29H,4-9,12-20,23H2,1-3H3,(H,38,45)/t26-,29-/m0/s1. The smallest absolute Gasteiger partial charge is 0.409 e. The summed E-state index contributed by atoms with van der Waals surface area (Å²) in [5.41, 5.74) is 1.30. The fourth-order valence-corrected chi connectivity index (χ4v) is 6.76. The predicted octanol–water partition coefficient (Wildman–Crippen LogP) is 2.28. The summed E-state index contributed by atoms with van der Waals surface area (Å²) in [5.74, 6) is -1.66. The lowest BCUT2D eigenvalue weighted by Gasteiger charge is -2.36. The third kappa shape index (κ3) is 9.24. The summed E-state index contributed by atoms with van der Waals surface area (Å²) in [6.07, 6.45) is 2.70. The number of aromatic nitrogens is 1. The van der Waals surface area contributed by atoms with E-state index in [1.54, 1.807) is 35.8 Å². The zero-order chi connectivity index (χ0) is 36.5. The average Bonchev–Trinajstić information content (AvgIpc) is 3.85. The van der Waals surface area contributed by atoms with Crippen LogP contribution in [0.25, 0.3) is 10.9 Å². The Morgan fingerprint density at radius 2 is 1.57 bits per heavy atom. The molecule has 0 unspecified atom stereocenters. The van der Waals surface area contributed by atoms with Gasteiger partial charge in [-0.1, -0.05) is 6.07 Å². The number of piperazine rings is 1. The summed E-state index contributed by atoms with van der Waals surface area (Å²) in [6, 6.07) is 5.30. The summed E-state index contributed by atoms with van der Waals surface area (Å²) in [7, 11) is 0. The van der Waals surface area contributed by atoms with Crippen molar-refractivity contribution >= 4 is 46.6 Å². The minimum atomic E-state index is -1.09. The molecule has 4 heterocycles. The molecule has 2 atom stereocenters. The quantitative estimate of drug-likeness (QED) is 0.323. The van der Waals surface area contributed by atoms with Crippen LogP contribution >= 0.6 is 0 Å². The number of hydrogen-bond donors (Lipinski definition) is 1. The molecule has 0 saturated carbocycles. The van der Waals surface area contributed by atoms with Gasteiger partial charge in [0.2, 0.25) is 11.8 Å². The number of nitrogens with zero attached hydrogens (tertiary/aromatic N) is 5. The molecule has 0 aliphatic carbocycles. The maximum atomic E-state index is 13.8. The molecule has 3 fully saturated rings. The summed E-state index contributed by atoms with van der Waals surface area (Å²) in [6.45, 7) is 8.24. The number of benzene rings is 1. The molecule has 1 aromatic heterocycles. The van der Waals surface area contributed by atoms with Gasteiger partial charge in [-0.05, 0) is 70.6 Å². The zero-order valence-corrected chi connectivity index (χ0v) is 29.7. The van der Waals surface area contributed by atoms with Crippen LogP contribution in [0.5, 0.6) is 5.75 Å². The summed E-state index contributed by atoms with van der Waals surface area (Å²) in [5, 5.41) is 3.35. The van der Waals surface area contributed by atoms with E-state index >= 15 is 0 Å². The Morgan fingerprint density at radius 3 is 2.27 bits per heavy atom. The second kappa shape index (κ2) is 17.3. The number of pyridine rings is 1. The normalized spacial score (nSPS) is 18.1. The molecule has 2 aromatic rings. The van der Waals surface area contributed by atoms with Crippen molar-refractivity contribution < 1.29 is 43.0 Å². The number of ether oxygens (including phenoxy) is 3. The van der Waals surface area contributed by atoms with Gasteiger partial charge in [-0.3, -0.25) is 24.0 Å². The van der Waals surface area contributed by atoms with Gasteiger partial charge in [-0.15, -0.1) is 0 Å². The Bertz CT molecular complexity index is 1620. The van der Waals surface area contributed by atoms with E-state index in [-0.39, 0.29) is 82.1 Å². The minimum absolute atomic E-state index is 0.0147. The fraction of sp³-hybridized carbons (Fsp3) is 0.583. The number of rotatable bonds is 12. The van der Waals surface area contributed by atoms with Crippen molar-refractivity contribution in [2.24, 2.45) is 0 Å². The van der Waals surface area contributed by atoms with Gasteiger partial charge < -0.3 is 39.1 Å². The van der Waals surface area contributed by atoms with Crippen molar-refractivity contribution in [2.45, 2.75) is 71.4 Å². The number of esters is 1. The SMILES string of the molecule is CCOC(=O)CC[C@H](NC(=O)c1cc(OCC(=O)N2CCC[C@H]2C(=O)N2CCCC2)c2ccc(C)cc2n1)C(=O)N1CCN(C(=O)OCC)CC1. The third-order valence-electron chi connectivity index (χ3n) is 9.45. The van der Waals surface area contributed by atoms with Gasteiger partial charge in [-0.2, -0.15) is 0 Å². The molecular formula is C36H48N6O9. The fourth-order valence-electron chi connectivity index (χ4n) is 6.76. The van der Waals surface area contributed by atoms with Gasteiger partial charge in [0, 0.05) is 63.7 Å². The molecule has 0 bridgehead atoms. The van der Waals surface area contributed by atoms with E-state index in [0.717, 1.165) is 24.8 Å². The van der Waals surface area contributed by atoms with E-state index < -0.39 is 36.0 Å². The number of nitrogens with one attached hydrogen (secondary N) is 1. The first kappa shape index (κ1) is 37.3. The molecule has 51 heavy (non-hydrogen) atoms. The molecule has 5 amide bonds. The van der Waals surface area contributed by atoms with Crippen LogP contribution in [-0.4, -0.2) is 138 Å². The third-order valence-corrected chi connectivity index (χ3v) is 9.45. The van der Waals surface area contributed by atoms with Crippen LogP contribution in [0, 0.1) is 6.92 Å². The van der Waals surface area contributed by atoms with E-state index in [2.05, 4.69) is 10.3 Å². The highest BCUT2D eigenvalue weighted by Crippen LogP contribution is 2.28. The minimum Gasteiger partial charge on any atom is -0.483 e. The molecule has 276 valence electrons. The van der Waals surface area contributed by atoms with Crippen molar-refractivity contribution in [2.75, 3.05) is 65.6 Å². The molecule has 3 saturated heterocycles. The lowest BCUT2D eigenvalue weighted by atomic mass is 10.1. The second-order valence-electron chi connectivity index (χ2n) is 13.0. The van der Waals surface area contributed by atoms with Crippen molar-refractivity contribution in [1.29, 1.82) is 0 Å². The molecule has 0 radical (unpaired) electrons. The van der Waals surface area contributed by atoms with E-state index in [1.807, 2.05) is 17.9 Å². The van der Waals surface area contributed by atoms with Gasteiger partial charge in [0.1, 0.15) is 23.5 Å². The number of fused-ring (bicyclic) bond motifs is 1. The zero-order valence-electron chi connectivity index (χ0n) is 29.7. The summed E-state index contributed by atoms with van der Waals surface area (Å²) in [4.78, 5) is 89.6. The van der Waals surface area contributed by atoms with Crippen LogP contribution in [0.15, 0.2) is 24.3 Å². The lowest BCUT2D eigenvalue weighted by molar-refractivity contribution is -0.144. The van der Waals surface area contributed by atoms with Gasteiger partial charge in [-0.25, -0.2) is 9.78 Å². The van der Waals surface area contributed by atoms with E-state index in [9.17, 15) is 28.8 Å². The second-order valence-corrected chi connectivity index (χ2v) is 13.0. The Balaban J connectivity index is 1.31. The number of hydrogen-bond acceptors (Lipinski definition) is 10. The molecule has 15 nitrogen and oxygen atoms in total. The monoisotopic (exact) mass is 708 g/mol. The number of amides is 5. The molecule has 3 aliphatic heterocycles.